The molecule has 338 valence electrons. The summed E-state index contributed by atoms with van der Waals surface area (Å²) in [5.74, 6) is -0.467. The van der Waals surface area contributed by atoms with Gasteiger partial charge in [0.15, 0.2) is 12.6 Å². The minimum absolute atomic E-state index is 0.0478. The quantitative estimate of drug-likeness (QED) is 0.0272. The van der Waals surface area contributed by atoms with Crippen LogP contribution in [0.15, 0.2) is 36.5 Å². The zero-order chi connectivity index (χ0) is 42.4. The normalized spacial score (nSPS) is 28.6. The minimum atomic E-state index is -1.70. The van der Waals surface area contributed by atoms with Gasteiger partial charge in [-0.2, -0.15) is 0 Å². The van der Waals surface area contributed by atoms with Crippen LogP contribution in [0.2, 0.25) is 0 Å². The highest BCUT2D eigenvalue weighted by Crippen LogP contribution is 2.26. The fraction of sp³-hybridized carbons (Fsp3) is 0.841. The van der Waals surface area contributed by atoms with Gasteiger partial charge in [-0.25, -0.2) is 0 Å². The highest BCUT2D eigenvalue weighted by molar-refractivity contribution is 5.69. The number of esters is 1. The Morgan fingerprint density at radius 2 is 1.05 bits per heavy atom. The number of carbonyl (C=O) groups excluding carboxylic acids is 1. The number of hydrogen-bond acceptors (Lipinski definition) is 14. The molecule has 0 amide bonds. The molecule has 11 unspecified atom stereocenters. The fourth-order valence-corrected chi connectivity index (χ4v) is 6.74. The molecule has 0 saturated carbocycles. The second-order valence-electron chi connectivity index (χ2n) is 15.5. The molecule has 2 fully saturated rings. The van der Waals surface area contributed by atoms with E-state index in [-0.39, 0.29) is 19.6 Å². The van der Waals surface area contributed by atoms with E-state index in [1.165, 1.54) is 77.0 Å². The first-order valence-electron chi connectivity index (χ1n) is 22.1. The van der Waals surface area contributed by atoms with E-state index in [0.717, 1.165) is 38.5 Å². The molecule has 0 aromatic rings. The smallest absolute Gasteiger partial charge is 0.305 e. The SMILES string of the molecule is CCCCCCC/C=C\C/C=C\C/C=C\CCCCCCCCCCCOCC(COC1OC(COC2OC(CO)C(O)C(O)C2O)C(O)C(O)C1O)OC(=O)CC. The van der Waals surface area contributed by atoms with Crippen LogP contribution in [-0.2, 0) is 33.2 Å². The number of unbranched alkanes of at least 4 members (excludes halogenated alkanes) is 14. The van der Waals surface area contributed by atoms with Gasteiger partial charge in [0, 0.05) is 13.0 Å². The lowest BCUT2D eigenvalue weighted by Crippen LogP contribution is -2.61. The molecule has 0 radical (unpaired) electrons. The highest BCUT2D eigenvalue weighted by Gasteiger charge is 2.47. The first-order chi connectivity index (χ1) is 28.1. The van der Waals surface area contributed by atoms with Crippen molar-refractivity contribution in [1.29, 1.82) is 0 Å². The fourth-order valence-electron chi connectivity index (χ4n) is 6.74. The molecule has 11 atom stereocenters. The molecule has 14 nitrogen and oxygen atoms in total. The third-order valence-electron chi connectivity index (χ3n) is 10.5. The lowest BCUT2D eigenvalue weighted by atomic mass is 9.98. The molecular formula is C44H78O14. The van der Waals surface area contributed by atoms with Gasteiger partial charge >= 0.3 is 5.97 Å². The molecule has 0 spiro atoms. The van der Waals surface area contributed by atoms with Crippen LogP contribution in [0.4, 0.5) is 0 Å². The van der Waals surface area contributed by atoms with Crippen molar-refractivity contribution in [2.75, 3.05) is 33.0 Å². The first-order valence-corrected chi connectivity index (χ1v) is 22.1. The van der Waals surface area contributed by atoms with Gasteiger partial charge in [-0.05, 0) is 44.9 Å². The summed E-state index contributed by atoms with van der Waals surface area (Å²) in [5, 5.41) is 71.1. The molecule has 14 heteroatoms. The van der Waals surface area contributed by atoms with Gasteiger partial charge in [0.05, 0.1) is 26.4 Å². The van der Waals surface area contributed by atoms with Crippen LogP contribution < -0.4 is 0 Å². The zero-order valence-electron chi connectivity index (χ0n) is 35.3. The maximum absolute atomic E-state index is 12.1. The summed E-state index contributed by atoms with van der Waals surface area (Å²) in [6.45, 7) is 3.06. The van der Waals surface area contributed by atoms with E-state index in [1.807, 2.05) is 0 Å². The molecule has 0 aromatic carbocycles. The van der Waals surface area contributed by atoms with Crippen molar-refractivity contribution >= 4 is 5.97 Å². The van der Waals surface area contributed by atoms with Gasteiger partial charge in [0.1, 0.15) is 54.9 Å². The number of hydrogen-bond donors (Lipinski definition) is 7. The van der Waals surface area contributed by atoms with E-state index < -0.39 is 86.7 Å². The third kappa shape index (κ3) is 21.6. The Morgan fingerprint density at radius 1 is 0.569 bits per heavy atom. The van der Waals surface area contributed by atoms with Crippen LogP contribution in [0.1, 0.15) is 136 Å². The number of ether oxygens (including phenoxy) is 6. The van der Waals surface area contributed by atoms with Crippen molar-refractivity contribution in [3.05, 3.63) is 36.5 Å². The lowest BCUT2D eigenvalue weighted by Gasteiger charge is -2.42. The van der Waals surface area contributed by atoms with Crippen molar-refractivity contribution in [3.63, 3.8) is 0 Å². The molecule has 2 rings (SSSR count). The van der Waals surface area contributed by atoms with Crippen LogP contribution in [0, 0.1) is 0 Å². The van der Waals surface area contributed by atoms with Crippen molar-refractivity contribution in [3.8, 4) is 0 Å². The summed E-state index contributed by atoms with van der Waals surface area (Å²) < 4.78 is 33.4. The van der Waals surface area contributed by atoms with Crippen LogP contribution in [0.5, 0.6) is 0 Å². The van der Waals surface area contributed by atoms with Gasteiger partial charge in [0.2, 0.25) is 0 Å². The molecule has 0 aromatic heterocycles. The third-order valence-corrected chi connectivity index (χ3v) is 10.5. The molecule has 7 N–H and O–H groups in total. The van der Waals surface area contributed by atoms with Crippen molar-refractivity contribution in [2.45, 2.75) is 203 Å². The van der Waals surface area contributed by atoms with Gasteiger partial charge < -0.3 is 64.2 Å². The second-order valence-corrected chi connectivity index (χ2v) is 15.5. The van der Waals surface area contributed by atoms with E-state index >= 15 is 0 Å². The highest BCUT2D eigenvalue weighted by atomic mass is 16.7. The summed E-state index contributed by atoms with van der Waals surface area (Å²) >= 11 is 0. The standard InChI is InChI=1S/C44H78O14/c1-3-5-6-7-8-9-10-11-12-13-14-15-16-17-18-19-20-21-22-23-24-25-26-27-28-53-30-33(56-36(46)4-2)31-54-43-42(52)40(50)38(48)35(58-43)32-55-44-41(51)39(49)37(47)34(29-45)57-44/h10-11,13-14,16-17,33-35,37-45,47-52H,3-9,12,15,18-32H2,1-2H3/b11-10-,14-13-,17-16-. The topological polar surface area (TPSA) is 214 Å². The average molecular weight is 831 g/mol. The van der Waals surface area contributed by atoms with Crippen LogP contribution >= 0.6 is 0 Å². The van der Waals surface area contributed by atoms with E-state index in [2.05, 4.69) is 43.4 Å². The number of carbonyl (C=O) groups is 1. The molecule has 58 heavy (non-hydrogen) atoms. The van der Waals surface area contributed by atoms with Gasteiger partial charge in [-0.1, -0.05) is 121 Å². The summed E-state index contributed by atoms with van der Waals surface area (Å²) in [7, 11) is 0. The number of rotatable bonds is 33. The van der Waals surface area contributed by atoms with Gasteiger partial charge in [-0.15, -0.1) is 0 Å². The molecular weight excluding hydrogens is 752 g/mol. The predicted molar refractivity (Wildman–Crippen MR) is 220 cm³/mol. The van der Waals surface area contributed by atoms with E-state index in [9.17, 15) is 40.5 Å². The minimum Gasteiger partial charge on any atom is -0.457 e. The second kappa shape index (κ2) is 32.9. The average Bonchev–Trinajstić information content (AvgIpc) is 3.22. The van der Waals surface area contributed by atoms with E-state index in [4.69, 9.17) is 28.4 Å². The van der Waals surface area contributed by atoms with Gasteiger partial charge in [0.25, 0.3) is 0 Å². The van der Waals surface area contributed by atoms with Crippen LogP contribution in [0.25, 0.3) is 0 Å². The first kappa shape index (κ1) is 52.3. The summed E-state index contributed by atoms with van der Waals surface area (Å²) in [4.78, 5) is 12.1. The largest absolute Gasteiger partial charge is 0.457 e. The molecule has 0 aliphatic carbocycles. The Hall–Kier alpha value is -1.79. The Bertz CT molecular complexity index is 1100. The molecule has 2 aliphatic heterocycles. The van der Waals surface area contributed by atoms with Crippen molar-refractivity contribution in [2.24, 2.45) is 0 Å². The maximum Gasteiger partial charge on any atom is 0.305 e. The summed E-state index contributed by atoms with van der Waals surface area (Å²) in [6, 6.07) is 0. The molecule has 2 saturated heterocycles. The Morgan fingerprint density at radius 3 is 1.60 bits per heavy atom. The van der Waals surface area contributed by atoms with Crippen molar-refractivity contribution < 1.29 is 69.0 Å². The summed E-state index contributed by atoms with van der Waals surface area (Å²) in [6.07, 6.45) is 19.2. The Kier molecular flexibility index (Phi) is 29.7. The predicted octanol–water partition coefficient (Wildman–Crippen LogP) is 4.68. The molecule has 2 aliphatic rings. The van der Waals surface area contributed by atoms with Crippen molar-refractivity contribution in [1.82, 2.24) is 0 Å². The summed E-state index contributed by atoms with van der Waals surface area (Å²) in [5.41, 5.74) is 0. The molecule has 2 heterocycles. The van der Waals surface area contributed by atoms with Crippen LogP contribution in [-0.4, -0.2) is 142 Å². The Labute approximate surface area is 347 Å². The maximum atomic E-state index is 12.1. The number of aliphatic hydroxyl groups is 7. The zero-order valence-corrected chi connectivity index (χ0v) is 35.3. The van der Waals surface area contributed by atoms with Gasteiger partial charge in [-0.3, -0.25) is 4.79 Å². The number of allylic oxidation sites excluding steroid dienone is 6. The lowest BCUT2D eigenvalue weighted by molar-refractivity contribution is -0.332. The number of aliphatic hydroxyl groups excluding tert-OH is 7. The Balaban J connectivity index is 1.55. The van der Waals surface area contributed by atoms with Crippen LogP contribution in [0.3, 0.4) is 0 Å². The monoisotopic (exact) mass is 831 g/mol. The van der Waals surface area contributed by atoms with E-state index in [0.29, 0.717) is 6.61 Å². The van der Waals surface area contributed by atoms with E-state index in [1.54, 1.807) is 6.92 Å². The molecule has 0 bridgehead atoms.